The van der Waals surface area contributed by atoms with Crippen molar-refractivity contribution < 1.29 is 12.8 Å². The Morgan fingerprint density at radius 3 is 2.82 bits per heavy atom. The minimum absolute atomic E-state index is 0.0449. The Balaban J connectivity index is 2.21. The third-order valence-electron chi connectivity index (χ3n) is 4.00. The zero-order chi connectivity index (χ0) is 16.3. The summed E-state index contributed by atoms with van der Waals surface area (Å²) >= 11 is 0. The highest BCUT2D eigenvalue weighted by Gasteiger charge is 2.32. The third kappa shape index (κ3) is 3.46. The summed E-state index contributed by atoms with van der Waals surface area (Å²) in [7, 11) is -2.19. The average molecular weight is 325 g/mol. The third-order valence-corrected chi connectivity index (χ3v) is 6.05. The van der Waals surface area contributed by atoms with Crippen molar-refractivity contribution in [2.75, 3.05) is 13.6 Å². The Hall–Kier alpha value is -1.49. The maximum absolute atomic E-state index is 13.8. The molecule has 1 aromatic rings. The fourth-order valence-corrected chi connectivity index (χ4v) is 4.26. The molecule has 0 saturated carbocycles. The molecule has 1 fully saturated rings. The molecule has 1 atom stereocenters. The van der Waals surface area contributed by atoms with Gasteiger partial charge in [0.1, 0.15) is 5.82 Å². The van der Waals surface area contributed by atoms with Crippen LogP contribution >= 0.6 is 0 Å². The van der Waals surface area contributed by atoms with Gasteiger partial charge in [0.25, 0.3) is 10.2 Å². The van der Waals surface area contributed by atoms with Crippen LogP contribution < -0.4 is 0 Å². The summed E-state index contributed by atoms with van der Waals surface area (Å²) < 4.78 is 41.7. The van der Waals surface area contributed by atoms with Gasteiger partial charge < -0.3 is 0 Å². The molecule has 0 N–H and O–H groups in total. The molecule has 22 heavy (non-hydrogen) atoms. The Morgan fingerprint density at radius 1 is 1.45 bits per heavy atom. The van der Waals surface area contributed by atoms with Crippen LogP contribution in [0.4, 0.5) is 4.39 Å². The molecule has 2 rings (SSSR count). The SMILES string of the molecule is CC1CCCCN1S(=O)(=O)N(C)Cc1cc(C#N)ccc1F. The number of piperidine rings is 1. The first-order valence-corrected chi connectivity index (χ1v) is 8.67. The van der Waals surface area contributed by atoms with E-state index in [1.54, 1.807) is 0 Å². The van der Waals surface area contributed by atoms with E-state index in [-0.39, 0.29) is 18.2 Å². The second-order valence-corrected chi connectivity index (χ2v) is 7.63. The highest BCUT2D eigenvalue weighted by molar-refractivity contribution is 7.86. The molecule has 0 radical (unpaired) electrons. The van der Waals surface area contributed by atoms with Crippen molar-refractivity contribution in [2.45, 2.75) is 38.8 Å². The van der Waals surface area contributed by atoms with Crippen LogP contribution in [0, 0.1) is 17.1 Å². The van der Waals surface area contributed by atoms with E-state index >= 15 is 0 Å². The van der Waals surface area contributed by atoms with Crippen molar-refractivity contribution in [1.29, 1.82) is 5.26 Å². The zero-order valence-electron chi connectivity index (χ0n) is 12.8. The van der Waals surface area contributed by atoms with E-state index in [0.29, 0.717) is 12.1 Å². The van der Waals surface area contributed by atoms with Gasteiger partial charge in [-0.15, -0.1) is 0 Å². The van der Waals surface area contributed by atoms with Crippen LogP contribution in [-0.4, -0.2) is 36.7 Å². The topological polar surface area (TPSA) is 64.4 Å². The first kappa shape index (κ1) is 16.9. The highest BCUT2D eigenvalue weighted by atomic mass is 32.2. The van der Waals surface area contributed by atoms with Crippen molar-refractivity contribution in [2.24, 2.45) is 0 Å². The van der Waals surface area contributed by atoms with Gasteiger partial charge in [-0.1, -0.05) is 6.42 Å². The van der Waals surface area contributed by atoms with Crippen molar-refractivity contribution in [3.8, 4) is 6.07 Å². The predicted molar refractivity (Wildman–Crippen MR) is 81.5 cm³/mol. The van der Waals surface area contributed by atoms with E-state index < -0.39 is 16.0 Å². The molecule has 1 aromatic carbocycles. The second kappa shape index (κ2) is 6.73. The van der Waals surface area contributed by atoms with Gasteiger partial charge in [-0.25, -0.2) is 4.39 Å². The van der Waals surface area contributed by atoms with Crippen LogP contribution in [0.1, 0.15) is 37.3 Å². The normalized spacial score (nSPS) is 20.0. The summed E-state index contributed by atoms with van der Waals surface area (Å²) in [5.74, 6) is -0.507. The molecule has 1 unspecified atom stereocenters. The number of halogens is 1. The average Bonchev–Trinajstić information content (AvgIpc) is 2.49. The van der Waals surface area contributed by atoms with Gasteiger partial charge in [-0.3, -0.25) is 0 Å². The summed E-state index contributed by atoms with van der Waals surface area (Å²) in [6, 6.07) is 5.84. The van der Waals surface area contributed by atoms with Gasteiger partial charge >= 0.3 is 0 Å². The van der Waals surface area contributed by atoms with E-state index in [0.717, 1.165) is 23.6 Å². The molecule has 1 aliphatic rings. The monoisotopic (exact) mass is 325 g/mol. The molecule has 0 spiro atoms. The molecule has 0 amide bonds. The Labute approximate surface area is 131 Å². The molecule has 0 aliphatic carbocycles. The van der Waals surface area contributed by atoms with Crippen LogP contribution in [0.15, 0.2) is 18.2 Å². The minimum Gasteiger partial charge on any atom is -0.207 e. The molecular formula is C15H20FN3O2S. The maximum Gasteiger partial charge on any atom is 0.282 e. The molecule has 1 aliphatic heterocycles. The fraction of sp³-hybridized carbons (Fsp3) is 0.533. The van der Waals surface area contributed by atoms with E-state index in [2.05, 4.69) is 0 Å². The van der Waals surface area contributed by atoms with Gasteiger partial charge in [-0.05, 0) is 38.0 Å². The van der Waals surface area contributed by atoms with Crippen LogP contribution in [0.5, 0.6) is 0 Å². The van der Waals surface area contributed by atoms with Gasteiger partial charge in [0.2, 0.25) is 0 Å². The van der Waals surface area contributed by atoms with Gasteiger partial charge in [-0.2, -0.15) is 22.3 Å². The van der Waals surface area contributed by atoms with Crippen LogP contribution in [0.25, 0.3) is 0 Å². The van der Waals surface area contributed by atoms with Crippen molar-refractivity contribution in [3.63, 3.8) is 0 Å². The minimum atomic E-state index is -3.63. The van der Waals surface area contributed by atoms with Crippen LogP contribution in [-0.2, 0) is 16.8 Å². The maximum atomic E-state index is 13.8. The molecule has 120 valence electrons. The van der Waals surface area contributed by atoms with E-state index in [9.17, 15) is 12.8 Å². The molecule has 0 bridgehead atoms. The molecular weight excluding hydrogens is 305 g/mol. The lowest BCUT2D eigenvalue weighted by atomic mass is 10.1. The Bertz CT molecular complexity index is 685. The number of hydrogen-bond donors (Lipinski definition) is 0. The lowest BCUT2D eigenvalue weighted by molar-refractivity contribution is 0.249. The van der Waals surface area contributed by atoms with Crippen molar-refractivity contribution in [3.05, 3.63) is 35.1 Å². The van der Waals surface area contributed by atoms with E-state index in [4.69, 9.17) is 5.26 Å². The molecule has 1 heterocycles. The Kier molecular flexibility index (Phi) is 5.16. The summed E-state index contributed by atoms with van der Waals surface area (Å²) in [6.45, 7) is 2.29. The van der Waals surface area contributed by atoms with E-state index in [1.807, 2.05) is 13.0 Å². The standard InChI is InChI=1S/C15H20FN3O2S/c1-12-5-3-4-8-19(12)22(20,21)18(2)11-14-9-13(10-17)6-7-15(14)16/h6-7,9,12H,3-5,8,11H2,1-2H3. The number of nitriles is 1. The van der Waals surface area contributed by atoms with Crippen molar-refractivity contribution >= 4 is 10.2 Å². The molecule has 5 nitrogen and oxygen atoms in total. The van der Waals surface area contributed by atoms with Gasteiger partial charge in [0.15, 0.2) is 0 Å². The number of benzene rings is 1. The zero-order valence-corrected chi connectivity index (χ0v) is 13.6. The lowest BCUT2D eigenvalue weighted by Gasteiger charge is -2.35. The van der Waals surface area contributed by atoms with Gasteiger partial charge in [0.05, 0.1) is 11.6 Å². The van der Waals surface area contributed by atoms with Crippen molar-refractivity contribution in [1.82, 2.24) is 8.61 Å². The number of hydrogen-bond acceptors (Lipinski definition) is 3. The molecule has 0 aromatic heterocycles. The predicted octanol–water partition coefficient (Wildman–Crippen LogP) is 2.25. The van der Waals surface area contributed by atoms with E-state index in [1.165, 1.54) is 29.6 Å². The number of rotatable bonds is 4. The fourth-order valence-electron chi connectivity index (χ4n) is 2.68. The summed E-state index contributed by atoms with van der Waals surface area (Å²) in [4.78, 5) is 0. The lowest BCUT2D eigenvalue weighted by Crippen LogP contribution is -2.48. The van der Waals surface area contributed by atoms with Crippen LogP contribution in [0.3, 0.4) is 0 Å². The first-order valence-electron chi connectivity index (χ1n) is 7.28. The quantitative estimate of drug-likeness (QED) is 0.853. The first-order chi connectivity index (χ1) is 10.4. The van der Waals surface area contributed by atoms with Crippen LogP contribution in [0.2, 0.25) is 0 Å². The number of nitrogens with zero attached hydrogens (tertiary/aromatic N) is 3. The van der Waals surface area contributed by atoms with Gasteiger partial charge in [0, 0.05) is 31.7 Å². The second-order valence-electron chi connectivity index (χ2n) is 5.64. The Morgan fingerprint density at radius 2 is 2.18 bits per heavy atom. The summed E-state index contributed by atoms with van der Waals surface area (Å²) in [5.41, 5.74) is 0.517. The smallest absolute Gasteiger partial charge is 0.207 e. The summed E-state index contributed by atoms with van der Waals surface area (Å²) in [6.07, 6.45) is 2.71. The molecule has 1 saturated heterocycles. The molecule has 7 heteroatoms. The largest absolute Gasteiger partial charge is 0.282 e. The highest BCUT2D eigenvalue weighted by Crippen LogP contribution is 2.23. The summed E-state index contributed by atoms with van der Waals surface area (Å²) in [5, 5.41) is 8.87.